The number of carbonyl (C=O) groups is 2. The van der Waals surface area contributed by atoms with Crippen molar-refractivity contribution in [3.8, 4) is 11.1 Å². The number of urea groups is 1. The fourth-order valence-corrected chi connectivity index (χ4v) is 3.28. The lowest BCUT2D eigenvalue weighted by atomic mass is 10.1. The number of nitrogens with two attached hydrogens (primary N) is 1. The number of hydrogen-bond acceptors (Lipinski definition) is 3. The van der Waals surface area contributed by atoms with Gasteiger partial charge in [-0.3, -0.25) is 0 Å². The minimum absolute atomic E-state index is 0.345. The average molecular weight is 344 g/mol. The Labute approximate surface area is 150 Å². The van der Waals surface area contributed by atoms with Crippen molar-refractivity contribution in [2.75, 3.05) is 5.32 Å². The predicted octanol–water partition coefficient (Wildman–Crippen LogP) is 4.10. The number of rotatable bonds is 3. The summed E-state index contributed by atoms with van der Waals surface area (Å²) in [5.74, 6) is -0.463. The summed E-state index contributed by atoms with van der Waals surface area (Å²) in [6.07, 6.45) is -0.456. The number of amides is 2. The van der Waals surface area contributed by atoms with E-state index in [-0.39, 0.29) is 0 Å². The molecule has 0 unspecified atom stereocenters. The van der Waals surface area contributed by atoms with Gasteiger partial charge >= 0.3 is 12.0 Å². The predicted molar refractivity (Wildman–Crippen MR) is 98.8 cm³/mol. The highest BCUT2D eigenvalue weighted by molar-refractivity contribution is 5.94. The second-order valence-electron chi connectivity index (χ2n) is 6.03. The third-order valence-corrected chi connectivity index (χ3v) is 4.37. The third kappa shape index (κ3) is 2.80. The zero-order chi connectivity index (χ0) is 18.1. The molecule has 3 aromatic rings. The summed E-state index contributed by atoms with van der Waals surface area (Å²) in [6.45, 7) is 0. The zero-order valence-electron chi connectivity index (χ0n) is 13.8. The standard InChI is InChI=1S/C21H16N2O3/c22-21(25)23-14-7-5-6-13(12-14)20(24)26-19-17-10-3-1-8-15(17)16-9-2-4-11-18(16)19/h1-12,19H,(H3,22,23,25). The van der Waals surface area contributed by atoms with E-state index in [0.29, 0.717) is 11.3 Å². The van der Waals surface area contributed by atoms with E-state index in [0.717, 1.165) is 22.3 Å². The summed E-state index contributed by atoms with van der Waals surface area (Å²) in [4.78, 5) is 23.7. The van der Waals surface area contributed by atoms with Crippen molar-refractivity contribution in [3.05, 3.63) is 89.5 Å². The smallest absolute Gasteiger partial charge is 0.339 e. The van der Waals surface area contributed by atoms with Crippen LogP contribution in [0.15, 0.2) is 72.8 Å². The number of benzene rings is 3. The molecule has 0 spiro atoms. The van der Waals surface area contributed by atoms with Gasteiger partial charge in [0.15, 0.2) is 6.10 Å². The molecule has 0 aromatic heterocycles. The molecule has 3 aromatic carbocycles. The first kappa shape index (κ1) is 15.9. The molecule has 0 saturated carbocycles. The van der Waals surface area contributed by atoms with Crippen LogP contribution in [-0.2, 0) is 4.74 Å². The van der Waals surface area contributed by atoms with Crippen molar-refractivity contribution in [1.82, 2.24) is 0 Å². The van der Waals surface area contributed by atoms with Crippen LogP contribution in [0.25, 0.3) is 11.1 Å². The Bertz CT molecular complexity index is 968. The minimum Gasteiger partial charge on any atom is -0.449 e. The molecule has 26 heavy (non-hydrogen) atoms. The van der Waals surface area contributed by atoms with Gasteiger partial charge in [0, 0.05) is 16.8 Å². The number of primary amides is 1. The van der Waals surface area contributed by atoms with Gasteiger partial charge in [-0.2, -0.15) is 0 Å². The summed E-state index contributed by atoms with van der Waals surface area (Å²) in [7, 11) is 0. The summed E-state index contributed by atoms with van der Waals surface area (Å²) in [5, 5.41) is 2.46. The van der Waals surface area contributed by atoms with Gasteiger partial charge in [0.2, 0.25) is 0 Å². The Kier molecular flexibility index (Phi) is 3.89. The van der Waals surface area contributed by atoms with Crippen LogP contribution in [0, 0.1) is 0 Å². The van der Waals surface area contributed by atoms with E-state index in [1.807, 2.05) is 48.5 Å². The highest BCUT2D eigenvalue weighted by Crippen LogP contribution is 2.45. The lowest BCUT2D eigenvalue weighted by Crippen LogP contribution is -2.19. The number of fused-ring (bicyclic) bond motifs is 3. The fraction of sp³-hybridized carbons (Fsp3) is 0.0476. The maximum Gasteiger partial charge on any atom is 0.339 e. The van der Waals surface area contributed by atoms with Gasteiger partial charge in [-0.05, 0) is 29.3 Å². The van der Waals surface area contributed by atoms with Crippen LogP contribution in [0.5, 0.6) is 0 Å². The van der Waals surface area contributed by atoms with Gasteiger partial charge in [0.25, 0.3) is 0 Å². The van der Waals surface area contributed by atoms with Crippen LogP contribution < -0.4 is 11.1 Å². The van der Waals surface area contributed by atoms with Crippen LogP contribution in [-0.4, -0.2) is 12.0 Å². The quantitative estimate of drug-likeness (QED) is 0.702. The van der Waals surface area contributed by atoms with Crippen molar-refractivity contribution in [2.45, 2.75) is 6.10 Å². The number of ether oxygens (including phenoxy) is 1. The first-order valence-corrected chi connectivity index (χ1v) is 8.19. The van der Waals surface area contributed by atoms with E-state index in [1.165, 1.54) is 0 Å². The zero-order valence-corrected chi connectivity index (χ0v) is 13.8. The van der Waals surface area contributed by atoms with Gasteiger partial charge < -0.3 is 15.8 Å². The molecule has 1 aliphatic carbocycles. The van der Waals surface area contributed by atoms with E-state index < -0.39 is 18.1 Å². The Morgan fingerprint density at radius 3 is 2.08 bits per heavy atom. The van der Waals surface area contributed by atoms with Gasteiger partial charge in [0.1, 0.15) is 0 Å². The Balaban J connectivity index is 1.65. The van der Waals surface area contributed by atoms with Crippen LogP contribution in [0.1, 0.15) is 27.6 Å². The molecule has 1 aliphatic rings. The Morgan fingerprint density at radius 1 is 0.846 bits per heavy atom. The lowest BCUT2D eigenvalue weighted by Gasteiger charge is -2.15. The summed E-state index contributed by atoms with van der Waals surface area (Å²) < 4.78 is 5.83. The number of hydrogen-bond donors (Lipinski definition) is 2. The second-order valence-corrected chi connectivity index (χ2v) is 6.03. The molecule has 0 fully saturated rings. The first-order valence-electron chi connectivity index (χ1n) is 8.19. The normalized spacial score (nSPS) is 12.2. The number of nitrogens with one attached hydrogen (secondary N) is 1. The largest absolute Gasteiger partial charge is 0.449 e. The third-order valence-electron chi connectivity index (χ3n) is 4.37. The summed E-state index contributed by atoms with van der Waals surface area (Å²) in [5.41, 5.74) is 9.99. The van der Waals surface area contributed by atoms with Crippen LogP contribution in [0.3, 0.4) is 0 Å². The van der Waals surface area contributed by atoms with Crippen LogP contribution in [0.4, 0.5) is 10.5 Å². The molecule has 2 amide bonds. The molecular formula is C21H16N2O3. The first-order chi connectivity index (χ1) is 12.6. The SMILES string of the molecule is NC(=O)Nc1cccc(C(=O)OC2c3ccccc3-c3ccccc32)c1. The maximum atomic E-state index is 12.7. The highest BCUT2D eigenvalue weighted by atomic mass is 16.5. The Morgan fingerprint density at radius 2 is 1.46 bits per heavy atom. The molecule has 0 atom stereocenters. The molecule has 0 heterocycles. The molecule has 3 N–H and O–H groups in total. The van der Waals surface area contributed by atoms with Crippen LogP contribution >= 0.6 is 0 Å². The van der Waals surface area contributed by atoms with Crippen molar-refractivity contribution >= 4 is 17.7 Å². The van der Waals surface area contributed by atoms with Crippen molar-refractivity contribution < 1.29 is 14.3 Å². The van der Waals surface area contributed by atoms with E-state index >= 15 is 0 Å². The van der Waals surface area contributed by atoms with Gasteiger partial charge in [-0.25, -0.2) is 9.59 Å². The molecule has 5 nitrogen and oxygen atoms in total. The number of anilines is 1. The van der Waals surface area contributed by atoms with Gasteiger partial charge in [-0.1, -0.05) is 54.6 Å². The fourth-order valence-electron chi connectivity index (χ4n) is 3.28. The van der Waals surface area contributed by atoms with Crippen molar-refractivity contribution in [2.24, 2.45) is 5.73 Å². The van der Waals surface area contributed by atoms with E-state index in [2.05, 4.69) is 5.32 Å². The molecule has 5 heteroatoms. The van der Waals surface area contributed by atoms with Gasteiger partial charge in [0.05, 0.1) is 5.56 Å². The van der Waals surface area contributed by atoms with E-state index in [1.54, 1.807) is 24.3 Å². The maximum absolute atomic E-state index is 12.7. The molecule has 128 valence electrons. The molecule has 0 radical (unpaired) electrons. The van der Waals surface area contributed by atoms with E-state index in [9.17, 15) is 9.59 Å². The second kappa shape index (κ2) is 6.37. The topological polar surface area (TPSA) is 81.4 Å². The Hall–Kier alpha value is -3.60. The minimum atomic E-state index is -0.686. The van der Waals surface area contributed by atoms with Crippen LogP contribution in [0.2, 0.25) is 0 Å². The number of esters is 1. The average Bonchev–Trinajstić information content (AvgIpc) is 2.96. The highest BCUT2D eigenvalue weighted by Gasteiger charge is 2.31. The molecule has 0 bridgehead atoms. The summed E-state index contributed by atoms with van der Waals surface area (Å²) in [6, 6.07) is 21.6. The molecule has 4 rings (SSSR count). The van der Waals surface area contributed by atoms with Gasteiger partial charge in [-0.15, -0.1) is 0 Å². The van der Waals surface area contributed by atoms with Crippen molar-refractivity contribution in [1.29, 1.82) is 0 Å². The number of carbonyl (C=O) groups excluding carboxylic acids is 2. The van der Waals surface area contributed by atoms with Crippen molar-refractivity contribution in [3.63, 3.8) is 0 Å². The summed E-state index contributed by atoms with van der Waals surface area (Å²) >= 11 is 0. The lowest BCUT2D eigenvalue weighted by molar-refractivity contribution is 0.0386. The molecule has 0 aliphatic heterocycles. The monoisotopic (exact) mass is 344 g/mol. The molecule has 0 saturated heterocycles. The van der Waals surface area contributed by atoms with E-state index in [4.69, 9.17) is 10.5 Å². The molecular weight excluding hydrogens is 328 g/mol.